The third-order valence-electron chi connectivity index (χ3n) is 6.82. The van der Waals surface area contributed by atoms with E-state index >= 15 is 0 Å². The lowest BCUT2D eigenvalue weighted by Gasteiger charge is -2.19. The molecular weight excluding hydrogens is 452 g/mol. The molecule has 0 radical (unpaired) electrons. The van der Waals surface area contributed by atoms with Crippen LogP contribution >= 0.6 is 11.8 Å². The Kier molecular flexibility index (Phi) is 8.45. The molecule has 0 aliphatic carbocycles. The number of rotatable bonds is 10. The largest absolute Gasteiger partial charge is 0.300 e. The molecule has 2 heterocycles. The van der Waals surface area contributed by atoms with Crippen molar-refractivity contribution in [3.63, 3.8) is 0 Å². The quantitative estimate of drug-likeness (QED) is 0.239. The second-order valence-electron chi connectivity index (χ2n) is 10.2. The minimum Gasteiger partial charge on any atom is -0.300 e. The predicted molar refractivity (Wildman–Crippen MR) is 144 cm³/mol. The van der Waals surface area contributed by atoms with Gasteiger partial charge >= 0.3 is 0 Å². The van der Waals surface area contributed by atoms with E-state index in [1.807, 2.05) is 19.1 Å². The van der Waals surface area contributed by atoms with Crippen molar-refractivity contribution in [2.24, 2.45) is 0 Å². The summed E-state index contributed by atoms with van der Waals surface area (Å²) in [6.45, 7) is 14.4. The molecule has 1 atom stereocenters. The smallest absolute Gasteiger partial charge is 0.192 e. The predicted octanol–water partition coefficient (Wildman–Crippen LogP) is 6.53. The van der Waals surface area contributed by atoms with Crippen molar-refractivity contribution in [1.29, 1.82) is 0 Å². The van der Waals surface area contributed by atoms with Gasteiger partial charge in [0.2, 0.25) is 0 Å². The number of aromatic nitrogens is 3. The first-order valence-corrected chi connectivity index (χ1v) is 13.7. The van der Waals surface area contributed by atoms with Gasteiger partial charge in [-0.1, -0.05) is 88.0 Å². The minimum absolute atomic E-state index is 0.157. The molecule has 0 spiro atoms. The molecule has 1 fully saturated rings. The molecule has 35 heavy (non-hydrogen) atoms. The minimum atomic E-state index is -0.254. The van der Waals surface area contributed by atoms with Gasteiger partial charge in [0.25, 0.3) is 0 Å². The van der Waals surface area contributed by atoms with Crippen LogP contribution in [0.1, 0.15) is 92.2 Å². The van der Waals surface area contributed by atoms with E-state index in [9.17, 15) is 4.79 Å². The maximum Gasteiger partial charge on any atom is 0.192 e. The summed E-state index contributed by atoms with van der Waals surface area (Å²) < 4.78 is 2.20. The molecule has 186 valence electrons. The van der Waals surface area contributed by atoms with Gasteiger partial charge in [0.05, 0.1) is 18.3 Å². The lowest BCUT2D eigenvalue weighted by atomic mass is 9.89. The summed E-state index contributed by atoms with van der Waals surface area (Å²) in [7, 11) is 0. The third-order valence-corrected chi connectivity index (χ3v) is 7.90. The first-order valence-electron chi connectivity index (χ1n) is 12.9. The Hall–Kier alpha value is -2.44. The van der Waals surface area contributed by atoms with E-state index in [1.165, 1.54) is 35.7 Å². The number of carbonyl (C=O) groups excluding carboxylic acids is 1. The van der Waals surface area contributed by atoms with Crippen LogP contribution in [0.15, 0.2) is 53.7 Å². The van der Waals surface area contributed by atoms with Gasteiger partial charge in [0, 0.05) is 5.56 Å². The number of Topliss-reactive ketones (excluding diaryl/α,β-unsaturated/α-hetero) is 1. The number of nitrogens with zero attached hydrogens (tertiary/aromatic N) is 4. The Morgan fingerprint density at radius 2 is 1.63 bits per heavy atom. The Balaban J connectivity index is 1.59. The summed E-state index contributed by atoms with van der Waals surface area (Å²) in [6.07, 6.45) is 2.49. The van der Waals surface area contributed by atoms with Crippen molar-refractivity contribution in [2.45, 2.75) is 82.8 Å². The number of thioether (sulfide) groups is 1. The highest BCUT2D eigenvalue weighted by atomic mass is 32.2. The maximum atomic E-state index is 13.6. The van der Waals surface area contributed by atoms with E-state index in [1.54, 1.807) is 0 Å². The van der Waals surface area contributed by atoms with Crippen LogP contribution in [-0.2, 0) is 13.1 Å². The molecule has 3 aromatic rings. The molecule has 2 aromatic carbocycles. The molecule has 0 N–H and O–H groups in total. The second kappa shape index (κ2) is 11.5. The van der Waals surface area contributed by atoms with E-state index in [2.05, 4.69) is 83.8 Å². The standard InChI is InChI=1S/C29H38N4OS/c1-20(2)24-13-14-25(26(17-24)21(3)4)28(34)22(5)35-29-31-30-27(19-32-15-9-10-16-32)33(29)18-23-11-7-6-8-12-23/h6-8,11-14,17,20-22H,9-10,15-16,18-19H2,1-5H3. The zero-order valence-electron chi connectivity index (χ0n) is 21.7. The zero-order valence-corrected chi connectivity index (χ0v) is 22.5. The van der Waals surface area contributed by atoms with Crippen molar-refractivity contribution in [3.8, 4) is 0 Å². The highest BCUT2D eigenvalue weighted by Gasteiger charge is 2.25. The first-order chi connectivity index (χ1) is 16.8. The highest BCUT2D eigenvalue weighted by Crippen LogP contribution is 2.31. The van der Waals surface area contributed by atoms with Crippen LogP contribution < -0.4 is 0 Å². The number of carbonyl (C=O) groups is 1. The van der Waals surface area contributed by atoms with Crippen LogP contribution in [0, 0.1) is 0 Å². The Morgan fingerprint density at radius 3 is 2.29 bits per heavy atom. The summed E-state index contributed by atoms with van der Waals surface area (Å²) in [5, 5.41) is 9.70. The molecule has 0 amide bonds. The van der Waals surface area contributed by atoms with Crippen LogP contribution in [-0.4, -0.2) is 43.8 Å². The van der Waals surface area contributed by atoms with E-state index in [0.29, 0.717) is 18.4 Å². The normalized spacial score (nSPS) is 15.3. The Labute approximate surface area is 214 Å². The summed E-state index contributed by atoms with van der Waals surface area (Å²) in [5.74, 6) is 1.86. The van der Waals surface area contributed by atoms with Crippen LogP contribution in [0.25, 0.3) is 0 Å². The van der Waals surface area contributed by atoms with Crippen molar-refractivity contribution in [2.75, 3.05) is 13.1 Å². The van der Waals surface area contributed by atoms with Crippen LogP contribution in [0.2, 0.25) is 0 Å². The van der Waals surface area contributed by atoms with Crippen LogP contribution in [0.4, 0.5) is 0 Å². The number of likely N-dealkylation sites (tertiary alicyclic amines) is 1. The lowest BCUT2D eigenvalue weighted by Crippen LogP contribution is -2.22. The average molecular weight is 491 g/mol. The maximum absolute atomic E-state index is 13.6. The topological polar surface area (TPSA) is 51.0 Å². The number of benzene rings is 2. The SMILES string of the molecule is CC(Sc1nnc(CN2CCCC2)n1Cc1ccccc1)C(=O)c1ccc(C(C)C)cc1C(C)C. The molecule has 4 rings (SSSR count). The summed E-state index contributed by atoms with van der Waals surface area (Å²) in [5.41, 5.74) is 4.45. The van der Waals surface area contributed by atoms with Gasteiger partial charge in [-0.15, -0.1) is 10.2 Å². The fraction of sp³-hybridized carbons (Fsp3) is 0.483. The number of hydrogen-bond donors (Lipinski definition) is 0. The van der Waals surface area contributed by atoms with Gasteiger partial charge in [-0.3, -0.25) is 9.69 Å². The van der Waals surface area contributed by atoms with Gasteiger partial charge in [0.1, 0.15) is 5.82 Å². The fourth-order valence-corrected chi connectivity index (χ4v) is 5.60. The number of hydrogen-bond acceptors (Lipinski definition) is 5. The van der Waals surface area contributed by atoms with E-state index in [0.717, 1.165) is 41.7 Å². The van der Waals surface area contributed by atoms with Crippen molar-refractivity contribution in [1.82, 2.24) is 19.7 Å². The van der Waals surface area contributed by atoms with Gasteiger partial charge in [-0.25, -0.2) is 0 Å². The molecule has 1 aliphatic heterocycles. The van der Waals surface area contributed by atoms with E-state index < -0.39 is 0 Å². The summed E-state index contributed by atoms with van der Waals surface area (Å²) in [6, 6.07) is 16.8. The zero-order chi connectivity index (χ0) is 24.9. The third kappa shape index (κ3) is 6.22. The molecule has 1 aliphatic rings. The lowest BCUT2D eigenvalue weighted by molar-refractivity contribution is 0.0992. The summed E-state index contributed by atoms with van der Waals surface area (Å²) >= 11 is 1.52. The molecule has 6 heteroatoms. The Morgan fingerprint density at radius 1 is 0.914 bits per heavy atom. The van der Waals surface area contributed by atoms with Gasteiger partial charge in [-0.2, -0.15) is 0 Å². The Bertz CT molecular complexity index is 1130. The summed E-state index contributed by atoms with van der Waals surface area (Å²) in [4.78, 5) is 16.1. The van der Waals surface area contributed by atoms with Gasteiger partial charge in [-0.05, 0) is 61.4 Å². The van der Waals surface area contributed by atoms with E-state index in [4.69, 9.17) is 0 Å². The van der Waals surface area contributed by atoms with Gasteiger partial charge in [0.15, 0.2) is 10.9 Å². The van der Waals surface area contributed by atoms with Crippen molar-refractivity contribution < 1.29 is 4.79 Å². The molecule has 0 saturated carbocycles. The highest BCUT2D eigenvalue weighted by molar-refractivity contribution is 8.00. The molecule has 1 unspecified atom stereocenters. The molecular formula is C29H38N4OS. The number of ketones is 1. The van der Waals surface area contributed by atoms with E-state index in [-0.39, 0.29) is 11.0 Å². The molecule has 1 saturated heterocycles. The van der Waals surface area contributed by atoms with Crippen molar-refractivity contribution >= 4 is 17.5 Å². The molecule has 0 bridgehead atoms. The average Bonchev–Trinajstić information content (AvgIpc) is 3.49. The second-order valence-corrected chi connectivity index (χ2v) is 11.5. The molecule has 1 aromatic heterocycles. The van der Waals surface area contributed by atoms with Crippen molar-refractivity contribution in [3.05, 3.63) is 76.6 Å². The first kappa shape index (κ1) is 25.6. The van der Waals surface area contributed by atoms with Gasteiger partial charge < -0.3 is 4.57 Å². The van der Waals surface area contributed by atoms with Crippen LogP contribution in [0.3, 0.4) is 0 Å². The monoisotopic (exact) mass is 490 g/mol. The molecule has 5 nitrogen and oxygen atoms in total. The fourth-order valence-electron chi connectivity index (χ4n) is 4.66. The van der Waals surface area contributed by atoms with Crippen LogP contribution in [0.5, 0.6) is 0 Å².